The Bertz CT molecular complexity index is 410. The van der Waals surface area contributed by atoms with E-state index in [2.05, 4.69) is 10.6 Å². The number of carbonyl (C=O) groups is 1. The number of thioether (sulfide) groups is 1. The molecule has 3 nitrogen and oxygen atoms in total. The fourth-order valence-electron chi connectivity index (χ4n) is 2.19. The molecule has 1 atom stereocenters. The molecule has 1 aromatic carbocycles. The van der Waals surface area contributed by atoms with Gasteiger partial charge in [0.05, 0.1) is 5.54 Å². The van der Waals surface area contributed by atoms with Gasteiger partial charge in [0.15, 0.2) is 0 Å². The molecule has 0 radical (unpaired) electrons. The summed E-state index contributed by atoms with van der Waals surface area (Å²) in [4.78, 5) is 13.5. The van der Waals surface area contributed by atoms with Gasteiger partial charge in [-0.2, -0.15) is 0 Å². The van der Waals surface area contributed by atoms with E-state index in [-0.39, 0.29) is 5.91 Å². The standard InChI is InChI=1S/C14H20N2OS/c1-14(9-3-4-10-15-14)13(17)16-11-5-7-12(18-2)8-6-11/h5-8,15H,3-4,9-10H2,1-2H3,(H,16,17). The molecular weight excluding hydrogens is 244 g/mol. The van der Waals surface area contributed by atoms with Crippen LogP contribution in [-0.2, 0) is 4.79 Å². The largest absolute Gasteiger partial charge is 0.324 e. The molecule has 0 bridgehead atoms. The molecule has 0 spiro atoms. The van der Waals surface area contributed by atoms with E-state index in [9.17, 15) is 4.79 Å². The average Bonchev–Trinajstić information content (AvgIpc) is 2.40. The highest BCUT2D eigenvalue weighted by Crippen LogP contribution is 2.22. The van der Waals surface area contributed by atoms with Crippen LogP contribution in [0.5, 0.6) is 0 Å². The summed E-state index contributed by atoms with van der Waals surface area (Å²) in [5.74, 6) is 0.0686. The van der Waals surface area contributed by atoms with Gasteiger partial charge < -0.3 is 10.6 Å². The number of rotatable bonds is 3. The summed E-state index contributed by atoms with van der Waals surface area (Å²) < 4.78 is 0. The topological polar surface area (TPSA) is 41.1 Å². The van der Waals surface area contributed by atoms with Crippen LogP contribution in [0.25, 0.3) is 0 Å². The first-order valence-electron chi connectivity index (χ1n) is 6.34. The van der Waals surface area contributed by atoms with E-state index in [0.717, 1.165) is 31.5 Å². The summed E-state index contributed by atoms with van der Waals surface area (Å²) in [7, 11) is 0. The molecule has 0 aromatic heterocycles. The van der Waals surface area contributed by atoms with Gasteiger partial charge in [-0.25, -0.2) is 0 Å². The molecular formula is C14H20N2OS. The lowest BCUT2D eigenvalue weighted by molar-refractivity contribution is -0.122. The van der Waals surface area contributed by atoms with E-state index >= 15 is 0 Å². The zero-order valence-corrected chi connectivity index (χ0v) is 11.8. The Morgan fingerprint density at radius 3 is 2.61 bits per heavy atom. The summed E-state index contributed by atoms with van der Waals surface area (Å²) in [6, 6.07) is 7.96. The van der Waals surface area contributed by atoms with E-state index in [1.54, 1.807) is 11.8 Å². The van der Waals surface area contributed by atoms with Crippen molar-refractivity contribution in [2.45, 2.75) is 36.6 Å². The number of hydrogen-bond acceptors (Lipinski definition) is 3. The molecule has 2 rings (SSSR count). The summed E-state index contributed by atoms with van der Waals surface area (Å²) in [6.45, 7) is 2.91. The molecule has 0 saturated carbocycles. The third-order valence-electron chi connectivity index (χ3n) is 3.47. The fraction of sp³-hybridized carbons (Fsp3) is 0.500. The lowest BCUT2D eigenvalue weighted by atomic mass is 9.90. The van der Waals surface area contributed by atoms with Gasteiger partial charge in [0.25, 0.3) is 0 Å². The number of piperidine rings is 1. The van der Waals surface area contributed by atoms with Gasteiger partial charge in [0, 0.05) is 10.6 Å². The predicted octanol–water partition coefficient (Wildman–Crippen LogP) is 2.88. The van der Waals surface area contributed by atoms with Crippen LogP contribution in [0.1, 0.15) is 26.2 Å². The minimum atomic E-state index is -0.420. The summed E-state index contributed by atoms with van der Waals surface area (Å²) in [5, 5.41) is 6.31. The predicted molar refractivity (Wildman–Crippen MR) is 77.1 cm³/mol. The van der Waals surface area contributed by atoms with Crippen LogP contribution in [0.2, 0.25) is 0 Å². The van der Waals surface area contributed by atoms with Crippen LogP contribution in [0.15, 0.2) is 29.2 Å². The second-order valence-electron chi connectivity index (χ2n) is 4.90. The van der Waals surface area contributed by atoms with Crippen molar-refractivity contribution in [1.29, 1.82) is 0 Å². The van der Waals surface area contributed by atoms with Crippen molar-refractivity contribution >= 4 is 23.4 Å². The van der Waals surface area contributed by atoms with Crippen molar-refractivity contribution in [2.24, 2.45) is 0 Å². The Morgan fingerprint density at radius 2 is 2.06 bits per heavy atom. The molecule has 1 unspecified atom stereocenters. The van der Waals surface area contributed by atoms with Crippen LogP contribution in [0, 0.1) is 0 Å². The maximum absolute atomic E-state index is 12.3. The molecule has 1 aliphatic heterocycles. The van der Waals surface area contributed by atoms with Crippen molar-refractivity contribution in [3.05, 3.63) is 24.3 Å². The van der Waals surface area contributed by atoms with Gasteiger partial charge in [-0.3, -0.25) is 4.79 Å². The highest BCUT2D eigenvalue weighted by atomic mass is 32.2. The molecule has 1 aromatic rings. The molecule has 98 valence electrons. The van der Waals surface area contributed by atoms with Gasteiger partial charge >= 0.3 is 0 Å². The molecule has 1 heterocycles. The summed E-state index contributed by atoms with van der Waals surface area (Å²) in [6.07, 6.45) is 5.22. The fourth-order valence-corrected chi connectivity index (χ4v) is 2.60. The number of benzene rings is 1. The third kappa shape index (κ3) is 3.06. The van der Waals surface area contributed by atoms with Crippen LogP contribution in [0.3, 0.4) is 0 Å². The number of carbonyl (C=O) groups excluding carboxylic acids is 1. The molecule has 1 amide bonds. The van der Waals surface area contributed by atoms with Crippen molar-refractivity contribution < 1.29 is 4.79 Å². The number of nitrogens with one attached hydrogen (secondary N) is 2. The average molecular weight is 264 g/mol. The molecule has 18 heavy (non-hydrogen) atoms. The molecule has 2 N–H and O–H groups in total. The number of hydrogen-bond donors (Lipinski definition) is 2. The van der Waals surface area contributed by atoms with Crippen LogP contribution in [-0.4, -0.2) is 24.2 Å². The quantitative estimate of drug-likeness (QED) is 0.825. The lowest BCUT2D eigenvalue weighted by Crippen LogP contribution is -2.54. The van der Waals surface area contributed by atoms with E-state index in [0.29, 0.717) is 0 Å². The van der Waals surface area contributed by atoms with E-state index in [4.69, 9.17) is 0 Å². The minimum Gasteiger partial charge on any atom is -0.324 e. The molecule has 1 fully saturated rings. The van der Waals surface area contributed by atoms with Gasteiger partial charge in [-0.15, -0.1) is 11.8 Å². The highest BCUT2D eigenvalue weighted by Gasteiger charge is 2.34. The second kappa shape index (κ2) is 5.76. The molecule has 1 saturated heterocycles. The first kappa shape index (κ1) is 13.4. The number of anilines is 1. The lowest BCUT2D eigenvalue weighted by Gasteiger charge is -2.33. The smallest absolute Gasteiger partial charge is 0.244 e. The SMILES string of the molecule is CSc1ccc(NC(=O)C2(C)CCCCN2)cc1. The van der Waals surface area contributed by atoms with E-state index < -0.39 is 5.54 Å². The first-order chi connectivity index (χ1) is 8.64. The monoisotopic (exact) mass is 264 g/mol. The molecule has 0 aliphatic carbocycles. The Kier molecular flexibility index (Phi) is 4.30. The summed E-state index contributed by atoms with van der Waals surface area (Å²) in [5.41, 5.74) is 0.447. The highest BCUT2D eigenvalue weighted by molar-refractivity contribution is 7.98. The Hall–Kier alpha value is -1.00. The van der Waals surface area contributed by atoms with Crippen LogP contribution in [0.4, 0.5) is 5.69 Å². The van der Waals surface area contributed by atoms with Crippen molar-refractivity contribution in [1.82, 2.24) is 5.32 Å². The van der Waals surface area contributed by atoms with Gasteiger partial charge in [-0.1, -0.05) is 0 Å². The van der Waals surface area contributed by atoms with Crippen LogP contribution >= 0.6 is 11.8 Å². The normalized spacial score (nSPS) is 23.7. The van der Waals surface area contributed by atoms with Crippen molar-refractivity contribution in [2.75, 3.05) is 18.1 Å². The second-order valence-corrected chi connectivity index (χ2v) is 5.78. The third-order valence-corrected chi connectivity index (χ3v) is 4.21. The van der Waals surface area contributed by atoms with Gasteiger partial charge in [0.2, 0.25) is 5.91 Å². The van der Waals surface area contributed by atoms with E-state index in [1.807, 2.05) is 37.4 Å². The first-order valence-corrected chi connectivity index (χ1v) is 7.57. The number of amides is 1. The maximum atomic E-state index is 12.3. The molecule has 4 heteroatoms. The maximum Gasteiger partial charge on any atom is 0.244 e. The minimum absolute atomic E-state index is 0.0686. The van der Waals surface area contributed by atoms with Crippen LogP contribution < -0.4 is 10.6 Å². The summed E-state index contributed by atoms with van der Waals surface area (Å²) >= 11 is 1.70. The Balaban J connectivity index is 2.01. The zero-order valence-electron chi connectivity index (χ0n) is 11.0. The van der Waals surface area contributed by atoms with Gasteiger partial charge in [0.1, 0.15) is 0 Å². The Morgan fingerprint density at radius 1 is 1.33 bits per heavy atom. The van der Waals surface area contributed by atoms with Crippen molar-refractivity contribution in [3.63, 3.8) is 0 Å². The van der Waals surface area contributed by atoms with Crippen molar-refractivity contribution in [3.8, 4) is 0 Å². The van der Waals surface area contributed by atoms with Gasteiger partial charge in [-0.05, 0) is 63.3 Å². The zero-order chi connectivity index (χ0) is 13.0. The molecule has 1 aliphatic rings. The van der Waals surface area contributed by atoms with E-state index in [1.165, 1.54) is 4.90 Å². The Labute approximate surface area is 113 Å².